The Morgan fingerprint density at radius 2 is 1.56 bits per heavy atom. The number of ether oxygens (including phenoxy) is 1. The van der Waals surface area contributed by atoms with Gasteiger partial charge in [0.05, 0.1) is 7.11 Å². The smallest absolute Gasteiger partial charge is 0.212 e. The zero-order valence-electron chi connectivity index (χ0n) is 16.4. The molecule has 0 spiro atoms. The first-order valence-corrected chi connectivity index (χ1v) is 9.57. The Kier molecular flexibility index (Phi) is 6.61. The maximum Gasteiger partial charge on any atom is 0.212 e. The van der Waals surface area contributed by atoms with Gasteiger partial charge in [-0.1, -0.05) is 73.7 Å². The lowest BCUT2D eigenvalue weighted by Crippen LogP contribution is -2.31. The maximum atomic E-state index is 5.23. The fraction of sp³-hybridized carbons (Fsp3) is 0.292. The molecule has 27 heavy (non-hydrogen) atoms. The highest BCUT2D eigenvalue weighted by Gasteiger charge is 2.25. The van der Waals surface area contributed by atoms with Gasteiger partial charge in [-0.15, -0.1) is 0 Å². The van der Waals surface area contributed by atoms with Gasteiger partial charge in [-0.3, -0.25) is 4.90 Å². The number of methoxy groups -OCH3 is 1. The van der Waals surface area contributed by atoms with Crippen LogP contribution in [0.1, 0.15) is 49.0 Å². The van der Waals surface area contributed by atoms with Crippen molar-refractivity contribution in [1.82, 2.24) is 9.88 Å². The molecule has 3 nitrogen and oxygen atoms in total. The molecule has 0 radical (unpaired) electrons. The predicted octanol–water partition coefficient (Wildman–Crippen LogP) is 5.80. The summed E-state index contributed by atoms with van der Waals surface area (Å²) in [4.78, 5) is 7.00. The molecule has 0 saturated carbocycles. The van der Waals surface area contributed by atoms with Crippen molar-refractivity contribution >= 4 is 0 Å². The van der Waals surface area contributed by atoms with Crippen LogP contribution in [0.5, 0.6) is 5.88 Å². The molecule has 2 aromatic carbocycles. The van der Waals surface area contributed by atoms with Gasteiger partial charge in [-0.05, 0) is 30.0 Å². The highest BCUT2D eigenvalue weighted by atomic mass is 16.5. The van der Waals surface area contributed by atoms with Gasteiger partial charge in [-0.25, -0.2) is 4.98 Å². The Morgan fingerprint density at radius 1 is 0.889 bits per heavy atom. The fourth-order valence-electron chi connectivity index (χ4n) is 3.61. The average molecular weight is 361 g/mol. The van der Waals surface area contributed by atoms with Crippen LogP contribution in [0.3, 0.4) is 0 Å². The lowest BCUT2D eigenvalue weighted by molar-refractivity contribution is 0.129. The van der Waals surface area contributed by atoms with E-state index in [1.165, 1.54) is 16.7 Å². The van der Waals surface area contributed by atoms with E-state index in [2.05, 4.69) is 90.5 Å². The molecular weight excluding hydrogens is 332 g/mol. The minimum Gasteiger partial charge on any atom is -0.481 e. The van der Waals surface area contributed by atoms with E-state index in [9.17, 15) is 0 Å². The van der Waals surface area contributed by atoms with Crippen LogP contribution in [0.4, 0.5) is 0 Å². The zero-order chi connectivity index (χ0) is 19.1. The van der Waals surface area contributed by atoms with E-state index in [1.807, 2.05) is 12.3 Å². The topological polar surface area (TPSA) is 25.4 Å². The fourth-order valence-corrected chi connectivity index (χ4v) is 3.61. The molecule has 140 valence electrons. The van der Waals surface area contributed by atoms with E-state index < -0.39 is 0 Å². The van der Waals surface area contributed by atoms with Crippen LogP contribution >= 0.6 is 0 Å². The lowest BCUT2D eigenvalue weighted by atomic mass is 9.98. The van der Waals surface area contributed by atoms with Crippen molar-refractivity contribution in [2.45, 2.75) is 38.9 Å². The van der Waals surface area contributed by atoms with E-state index in [-0.39, 0.29) is 6.04 Å². The van der Waals surface area contributed by atoms with Crippen molar-refractivity contribution in [2.75, 3.05) is 7.11 Å². The van der Waals surface area contributed by atoms with Gasteiger partial charge in [0.15, 0.2) is 0 Å². The quantitative estimate of drug-likeness (QED) is 0.507. The van der Waals surface area contributed by atoms with Gasteiger partial charge in [0.2, 0.25) is 5.88 Å². The summed E-state index contributed by atoms with van der Waals surface area (Å²) < 4.78 is 5.23. The van der Waals surface area contributed by atoms with Gasteiger partial charge in [0.25, 0.3) is 0 Å². The molecule has 0 bridgehead atoms. The van der Waals surface area contributed by atoms with Crippen LogP contribution in [0.25, 0.3) is 0 Å². The monoisotopic (exact) mass is 360 g/mol. The van der Waals surface area contributed by atoms with Crippen LogP contribution in [-0.2, 0) is 6.54 Å². The van der Waals surface area contributed by atoms with E-state index in [4.69, 9.17) is 4.74 Å². The number of benzene rings is 2. The molecule has 0 fully saturated rings. The third-order valence-electron chi connectivity index (χ3n) is 5.13. The highest BCUT2D eigenvalue weighted by Crippen LogP contribution is 2.34. The Morgan fingerprint density at radius 3 is 2.11 bits per heavy atom. The molecule has 0 saturated heterocycles. The van der Waals surface area contributed by atoms with Gasteiger partial charge in [-0.2, -0.15) is 0 Å². The summed E-state index contributed by atoms with van der Waals surface area (Å²) in [5.74, 6) is 0.652. The first-order valence-electron chi connectivity index (χ1n) is 9.57. The first-order chi connectivity index (χ1) is 13.2. The summed E-state index contributed by atoms with van der Waals surface area (Å²) >= 11 is 0. The molecule has 0 aliphatic rings. The number of hydrogen-bond donors (Lipinski definition) is 0. The van der Waals surface area contributed by atoms with Gasteiger partial charge < -0.3 is 4.74 Å². The average Bonchev–Trinajstić information content (AvgIpc) is 2.75. The largest absolute Gasteiger partial charge is 0.481 e. The van der Waals surface area contributed by atoms with Crippen molar-refractivity contribution in [1.29, 1.82) is 0 Å². The Hall–Kier alpha value is -2.65. The standard InChI is InChI=1S/C24H28N2O/c1-4-23(22-15-16-24(27-3)25-17-22)26(18-20-11-7-5-8-12-20)19(2)21-13-9-6-10-14-21/h5-17,19,23H,4,18H2,1-3H3. The molecule has 3 heteroatoms. The molecule has 0 amide bonds. The second-order valence-electron chi connectivity index (χ2n) is 6.80. The Bertz CT molecular complexity index is 803. The molecule has 0 aliphatic carbocycles. The summed E-state index contributed by atoms with van der Waals surface area (Å²) in [6.45, 7) is 5.42. The number of hydrogen-bond acceptors (Lipinski definition) is 3. The predicted molar refractivity (Wildman–Crippen MR) is 111 cm³/mol. The maximum absolute atomic E-state index is 5.23. The Labute approximate surface area is 162 Å². The van der Waals surface area contributed by atoms with E-state index in [0.717, 1.165) is 13.0 Å². The number of rotatable bonds is 8. The summed E-state index contributed by atoms with van der Waals surface area (Å²) in [5.41, 5.74) is 3.87. The summed E-state index contributed by atoms with van der Waals surface area (Å²) in [7, 11) is 1.65. The van der Waals surface area contributed by atoms with Crippen molar-refractivity contribution in [3.63, 3.8) is 0 Å². The molecule has 1 heterocycles. The summed E-state index contributed by atoms with van der Waals surface area (Å²) in [5, 5.41) is 0. The molecule has 0 aliphatic heterocycles. The molecule has 3 rings (SSSR count). The molecule has 2 atom stereocenters. The Balaban J connectivity index is 1.95. The van der Waals surface area contributed by atoms with E-state index >= 15 is 0 Å². The number of nitrogens with zero attached hydrogens (tertiary/aromatic N) is 2. The number of pyridine rings is 1. The summed E-state index contributed by atoms with van der Waals surface area (Å²) in [6.07, 6.45) is 2.96. The third-order valence-corrected chi connectivity index (χ3v) is 5.13. The van der Waals surface area contributed by atoms with Crippen molar-refractivity contribution < 1.29 is 4.74 Å². The lowest BCUT2D eigenvalue weighted by Gasteiger charge is -2.37. The molecule has 1 aromatic heterocycles. The summed E-state index contributed by atoms with van der Waals surface area (Å²) in [6, 6.07) is 26.1. The van der Waals surface area contributed by atoms with Gasteiger partial charge >= 0.3 is 0 Å². The van der Waals surface area contributed by atoms with Crippen molar-refractivity contribution in [3.05, 3.63) is 95.7 Å². The van der Waals surface area contributed by atoms with Crippen molar-refractivity contribution in [3.8, 4) is 5.88 Å². The second kappa shape index (κ2) is 9.33. The van der Waals surface area contributed by atoms with Gasteiger partial charge in [0.1, 0.15) is 0 Å². The zero-order valence-corrected chi connectivity index (χ0v) is 16.4. The normalized spacial score (nSPS) is 13.3. The van der Waals surface area contributed by atoms with E-state index in [1.54, 1.807) is 7.11 Å². The van der Waals surface area contributed by atoms with Crippen LogP contribution in [-0.4, -0.2) is 17.0 Å². The SMILES string of the molecule is CCC(c1ccc(OC)nc1)N(Cc1ccccc1)C(C)c1ccccc1. The highest BCUT2D eigenvalue weighted by molar-refractivity contribution is 5.24. The molecular formula is C24H28N2O. The van der Waals surface area contributed by atoms with Crippen LogP contribution < -0.4 is 4.74 Å². The van der Waals surface area contributed by atoms with E-state index in [0.29, 0.717) is 11.9 Å². The minimum atomic E-state index is 0.277. The molecule has 2 unspecified atom stereocenters. The molecule has 0 N–H and O–H groups in total. The van der Waals surface area contributed by atoms with Crippen molar-refractivity contribution in [2.24, 2.45) is 0 Å². The minimum absolute atomic E-state index is 0.277. The number of aromatic nitrogens is 1. The third kappa shape index (κ3) is 4.75. The molecule has 3 aromatic rings. The van der Waals surface area contributed by atoms with Crippen LogP contribution in [0.15, 0.2) is 79.0 Å². The van der Waals surface area contributed by atoms with Crippen LogP contribution in [0, 0.1) is 0 Å². The first kappa shape index (κ1) is 19.1. The van der Waals surface area contributed by atoms with Crippen LogP contribution in [0.2, 0.25) is 0 Å². The van der Waals surface area contributed by atoms with Gasteiger partial charge in [0, 0.05) is 30.9 Å². The second-order valence-corrected chi connectivity index (χ2v) is 6.80.